The molecule has 2 rings (SSSR count). The Morgan fingerprint density at radius 1 is 0.794 bits per heavy atom. The summed E-state index contributed by atoms with van der Waals surface area (Å²) < 4.78 is 0. The second-order valence-electron chi connectivity index (χ2n) is 8.04. The van der Waals surface area contributed by atoms with Crippen molar-refractivity contribution < 1.29 is 24.6 Å². The molecule has 3 atom stereocenters. The highest BCUT2D eigenvalue weighted by atomic mass is 16.4. The van der Waals surface area contributed by atoms with E-state index in [9.17, 15) is 24.6 Å². The third-order valence-corrected chi connectivity index (χ3v) is 5.37. The van der Waals surface area contributed by atoms with E-state index in [0.717, 1.165) is 11.1 Å². The van der Waals surface area contributed by atoms with Crippen molar-refractivity contribution in [1.29, 1.82) is 0 Å². The van der Waals surface area contributed by atoms with Crippen LogP contribution in [0.3, 0.4) is 0 Å². The standard InChI is InChI=1S/C25H34N4O5/c26-14-8-7-13-20(25(33)34)28-23(31)21(15-18-9-3-1-4-10-18)29-24(32)22(17-30)27-16-19-11-5-2-6-12-19/h1-6,9-12,20-22,27,30H,7-8,13-17,26H2,(H,28,31)(H,29,32)(H,33,34)/t20-,21-,22-/m0/s1. The predicted octanol–water partition coefficient (Wildman–Crippen LogP) is 0.563. The van der Waals surface area contributed by atoms with Gasteiger partial charge < -0.3 is 26.6 Å². The molecule has 2 aromatic rings. The van der Waals surface area contributed by atoms with Crippen LogP contribution in [0, 0.1) is 0 Å². The lowest BCUT2D eigenvalue weighted by Crippen LogP contribution is -2.56. The molecule has 0 unspecified atom stereocenters. The molecule has 0 heterocycles. The number of carbonyl (C=O) groups is 3. The van der Waals surface area contributed by atoms with Gasteiger partial charge >= 0.3 is 5.97 Å². The Morgan fingerprint density at radius 2 is 1.35 bits per heavy atom. The number of nitrogens with one attached hydrogen (secondary N) is 3. The fourth-order valence-electron chi connectivity index (χ4n) is 3.43. The van der Waals surface area contributed by atoms with Crippen LogP contribution in [-0.4, -0.2) is 59.3 Å². The van der Waals surface area contributed by atoms with Crippen molar-refractivity contribution in [3.63, 3.8) is 0 Å². The fourth-order valence-corrected chi connectivity index (χ4v) is 3.43. The van der Waals surface area contributed by atoms with E-state index in [2.05, 4.69) is 16.0 Å². The molecule has 0 aromatic heterocycles. The zero-order chi connectivity index (χ0) is 24.8. The summed E-state index contributed by atoms with van der Waals surface area (Å²) >= 11 is 0. The zero-order valence-corrected chi connectivity index (χ0v) is 19.2. The normalized spacial score (nSPS) is 13.5. The van der Waals surface area contributed by atoms with Crippen LogP contribution in [0.25, 0.3) is 0 Å². The maximum atomic E-state index is 13.0. The van der Waals surface area contributed by atoms with Crippen LogP contribution in [0.4, 0.5) is 0 Å². The molecule has 9 heteroatoms. The lowest BCUT2D eigenvalue weighted by atomic mass is 10.0. The van der Waals surface area contributed by atoms with Crippen molar-refractivity contribution in [2.45, 2.75) is 50.4 Å². The number of carbonyl (C=O) groups excluding carboxylic acids is 2. The number of carboxylic acids is 1. The number of nitrogens with two attached hydrogens (primary N) is 1. The van der Waals surface area contributed by atoms with Crippen LogP contribution in [0.2, 0.25) is 0 Å². The van der Waals surface area contributed by atoms with Gasteiger partial charge in [0.15, 0.2) is 0 Å². The van der Waals surface area contributed by atoms with Gasteiger partial charge in [0.2, 0.25) is 11.8 Å². The van der Waals surface area contributed by atoms with E-state index >= 15 is 0 Å². The number of aliphatic carboxylic acids is 1. The smallest absolute Gasteiger partial charge is 0.326 e. The van der Waals surface area contributed by atoms with Gasteiger partial charge in [0, 0.05) is 13.0 Å². The second-order valence-corrected chi connectivity index (χ2v) is 8.04. The number of amides is 2. The SMILES string of the molecule is NCCCC[C@H](NC(=O)[C@H](Cc1ccccc1)NC(=O)[C@H](CO)NCc1ccccc1)C(=O)O. The fraction of sp³-hybridized carbons (Fsp3) is 0.400. The van der Waals surface area contributed by atoms with E-state index in [1.54, 1.807) is 0 Å². The van der Waals surface area contributed by atoms with Crippen LogP contribution in [-0.2, 0) is 27.3 Å². The molecular weight excluding hydrogens is 436 g/mol. The average molecular weight is 471 g/mol. The van der Waals surface area contributed by atoms with Gasteiger partial charge in [-0.1, -0.05) is 60.7 Å². The Kier molecular flexibility index (Phi) is 11.7. The number of aliphatic hydroxyl groups excluding tert-OH is 1. The number of rotatable bonds is 15. The molecule has 0 spiro atoms. The van der Waals surface area contributed by atoms with E-state index in [4.69, 9.17) is 5.73 Å². The summed E-state index contributed by atoms with van der Waals surface area (Å²) in [6.45, 7) is 0.331. The van der Waals surface area contributed by atoms with Crippen LogP contribution < -0.4 is 21.7 Å². The molecule has 7 N–H and O–H groups in total. The molecule has 0 saturated carbocycles. The highest BCUT2D eigenvalue weighted by Gasteiger charge is 2.28. The minimum absolute atomic E-state index is 0.171. The molecule has 0 aliphatic carbocycles. The molecular formula is C25H34N4O5. The molecule has 2 aromatic carbocycles. The Morgan fingerprint density at radius 3 is 1.91 bits per heavy atom. The summed E-state index contributed by atoms with van der Waals surface area (Å²) in [7, 11) is 0. The van der Waals surface area contributed by atoms with Crippen molar-refractivity contribution in [3.05, 3.63) is 71.8 Å². The summed E-state index contributed by atoms with van der Waals surface area (Å²) in [5, 5.41) is 27.4. The van der Waals surface area contributed by atoms with Crippen molar-refractivity contribution in [1.82, 2.24) is 16.0 Å². The van der Waals surface area contributed by atoms with Gasteiger partial charge in [-0.05, 0) is 36.9 Å². The van der Waals surface area contributed by atoms with Crippen molar-refractivity contribution >= 4 is 17.8 Å². The Bertz CT molecular complexity index is 895. The molecule has 0 fully saturated rings. The summed E-state index contributed by atoms with van der Waals surface area (Å²) in [6, 6.07) is 15.5. The van der Waals surface area contributed by atoms with Gasteiger partial charge in [0.05, 0.1) is 6.61 Å². The van der Waals surface area contributed by atoms with E-state index in [0.29, 0.717) is 25.9 Å². The van der Waals surface area contributed by atoms with Crippen molar-refractivity contribution in [2.75, 3.05) is 13.2 Å². The van der Waals surface area contributed by atoms with E-state index in [-0.39, 0.29) is 12.8 Å². The molecule has 0 radical (unpaired) electrons. The average Bonchev–Trinajstić information content (AvgIpc) is 2.84. The van der Waals surface area contributed by atoms with Crippen molar-refractivity contribution in [2.24, 2.45) is 5.73 Å². The summed E-state index contributed by atoms with van der Waals surface area (Å²) in [6.07, 6.45) is 1.61. The summed E-state index contributed by atoms with van der Waals surface area (Å²) in [4.78, 5) is 37.5. The van der Waals surface area contributed by atoms with E-state index in [1.807, 2.05) is 60.7 Å². The minimum atomic E-state index is -1.15. The molecule has 0 aliphatic rings. The zero-order valence-electron chi connectivity index (χ0n) is 19.2. The van der Waals surface area contributed by atoms with Gasteiger partial charge in [-0.25, -0.2) is 4.79 Å². The Balaban J connectivity index is 2.09. The van der Waals surface area contributed by atoms with E-state index in [1.165, 1.54) is 0 Å². The topological polar surface area (TPSA) is 154 Å². The minimum Gasteiger partial charge on any atom is -0.480 e. The molecule has 2 amide bonds. The third-order valence-electron chi connectivity index (χ3n) is 5.37. The number of aliphatic hydroxyl groups is 1. The quantitative estimate of drug-likeness (QED) is 0.208. The Labute approximate surface area is 199 Å². The predicted molar refractivity (Wildman–Crippen MR) is 129 cm³/mol. The molecule has 0 aliphatic heterocycles. The van der Waals surface area contributed by atoms with Gasteiger partial charge in [0.25, 0.3) is 0 Å². The van der Waals surface area contributed by atoms with Crippen LogP contribution in [0.1, 0.15) is 30.4 Å². The molecule has 34 heavy (non-hydrogen) atoms. The Hall–Kier alpha value is -3.27. The van der Waals surface area contributed by atoms with Crippen molar-refractivity contribution in [3.8, 4) is 0 Å². The van der Waals surface area contributed by atoms with E-state index < -0.39 is 42.5 Å². The third kappa shape index (κ3) is 9.30. The molecule has 9 nitrogen and oxygen atoms in total. The monoisotopic (exact) mass is 470 g/mol. The number of hydrogen-bond donors (Lipinski definition) is 6. The van der Waals surface area contributed by atoms with Gasteiger partial charge in [0.1, 0.15) is 18.1 Å². The first-order valence-electron chi connectivity index (χ1n) is 11.4. The van der Waals surface area contributed by atoms with Gasteiger partial charge in [-0.15, -0.1) is 0 Å². The van der Waals surface area contributed by atoms with Crippen LogP contribution in [0.15, 0.2) is 60.7 Å². The first-order chi connectivity index (χ1) is 16.4. The lowest BCUT2D eigenvalue weighted by molar-refractivity contribution is -0.142. The first kappa shape index (κ1) is 27.0. The maximum absolute atomic E-state index is 13.0. The number of unbranched alkanes of at least 4 members (excludes halogenated alkanes) is 1. The highest BCUT2D eigenvalue weighted by molar-refractivity contribution is 5.92. The lowest BCUT2D eigenvalue weighted by Gasteiger charge is -2.24. The highest BCUT2D eigenvalue weighted by Crippen LogP contribution is 2.07. The van der Waals surface area contributed by atoms with Crippen LogP contribution in [0.5, 0.6) is 0 Å². The molecule has 0 bridgehead atoms. The largest absolute Gasteiger partial charge is 0.480 e. The second kappa shape index (κ2) is 14.8. The van der Waals surface area contributed by atoms with Gasteiger partial charge in [-0.2, -0.15) is 0 Å². The first-order valence-corrected chi connectivity index (χ1v) is 11.4. The summed E-state index contributed by atoms with van der Waals surface area (Å²) in [5.41, 5.74) is 7.22. The number of hydrogen-bond acceptors (Lipinski definition) is 6. The summed E-state index contributed by atoms with van der Waals surface area (Å²) in [5.74, 6) is -2.30. The van der Waals surface area contributed by atoms with Crippen LogP contribution >= 0.6 is 0 Å². The molecule has 184 valence electrons. The number of benzene rings is 2. The number of carboxylic acid groups (broad SMARTS) is 1. The van der Waals surface area contributed by atoms with Gasteiger partial charge in [-0.3, -0.25) is 14.9 Å². The molecule has 0 saturated heterocycles. The maximum Gasteiger partial charge on any atom is 0.326 e.